The third-order valence-corrected chi connectivity index (χ3v) is 2.31. The number of benzene rings is 2. The summed E-state index contributed by atoms with van der Waals surface area (Å²) in [7, 11) is 0. The van der Waals surface area contributed by atoms with Crippen molar-refractivity contribution in [3.05, 3.63) is 59.9 Å². The van der Waals surface area contributed by atoms with E-state index in [9.17, 15) is 17.6 Å². The molecule has 0 fully saturated rings. The fourth-order valence-electron chi connectivity index (χ4n) is 1.47. The summed E-state index contributed by atoms with van der Waals surface area (Å²) in [5.74, 6) is -0.539. The Morgan fingerprint density at radius 3 is 2.06 bits per heavy atom. The van der Waals surface area contributed by atoms with Crippen molar-refractivity contribution in [3.8, 4) is 11.1 Å². The molecule has 0 amide bonds. The van der Waals surface area contributed by atoms with E-state index in [1.807, 2.05) is 0 Å². The molecule has 0 unspecified atom stereocenters. The van der Waals surface area contributed by atoms with Gasteiger partial charge in [-0.1, -0.05) is 24.3 Å². The second-order valence-electron chi connectivity index (χ2n) is 3.50. The minimum atomic E-state index is -4.35. The van der Waals surface area contributed by atoms with Gasteiger partial charge in [0.15, 0.2) is 0 Å². The Hall–Kier alpha value is -1.84. The van der Waals surface area contributed by atoms with Crippen LogP contribution >= 0.6 is 0 Å². The standard InChI is InChI=1S/C13H7F4/c14-12-3-1-2-10(8-12)9-4-6-11(7-5-9)13(15,16)17/h1-2,4-8H. The second kappa shape index (κ2) is 4.20. The molecular formula is C13H7F4. The molecule has 0 nitrogen and oxygen atoms in total. The van der Waals surface area contributed by atoms with Crippen LogP contribution < -0.4 is 0 Å². The highest BCUT2D eigenvalue weighted by atomic mass is 19.4. The lowest BCUT2D eigenvalue weighted by atomic mass is 10.0. The molecule has 0 aliphatic heterocycles. The average Bonchev–Trinajstić information content (AvgIpc) is 2.28. The molecule has 4 heteroatoms. The van der Waals surface area contributed by atoms with Crippen LogP contribution in [0.3, 0.4) is 0 Å². The van der Waals surface area contributed by atoms with Crippen LogP contribution in [0.5, 0.6) is 0 Å². The van der Waals surface area contributed by atoms with Crippen molar-refractivity contribution in [2.24, 2.45) is 0 Å². The van der Waals surface area contributed by atoms with Gasteiger partial charge in [-0.2, -0.15) is 13.2 Å². The monoisotopic (exact) mass is 239 g/mol. The van der Waals surface area contributed by atoms with E-state index < -0.39 is 17.6 Å². The molecule has 17 heavy (non-hydrogen) atoms. The van der Waals surface area contributed by atoms with Crippen LogP contribution in [0, 0.1) is 11.9 Å². The third-order valence-electron chi connectivity index (χ3n) is 2.31. The fraction of sp³-hybridized carbons (Fsp3) is 0.0769. The number of halogens is 4. The first-order valence-corrected chi connectivity index (χ1v) is 4.82. The number of alkyl halides is 3. The van der Waals surface area contributed by atoms with Gasteiger partial charge in [-0.25, -0.2) is 4.39 Å². The van der Waals surface area contributed by atoms with E-state index in [2.05, 4.69) is 6.07 Å². The van der Waals surface area contributed by atoms with Gasteiger partial charge in [0.1, 0.15) is 5.82 Å². The maximum atomic E-state index is 12.9. The summed E-state index contributed by atoms with van der Waals surface area (Å²) >= 11 is 0. The van der Waals surface area contributed by atoms with Gasteiger partial charge in [-0.05, 0) is 29.3 Å². The van der Waals surface area contributed by atoms with Crippen LogP contribution in [0.2, 0.25) is 0 Å². The predicted molar refractivity (Wildman–Crippen MR) is 55.7 cm³/mol. The van der Waals surface area contributed by atoms with Gasteiger partial charge >= 0.3 is 6.18 Å². The van der Waals surface area contributed by atoms with E-state index >= 15 is 0 Å². The van der Waals surface area contributed by atoms with Gasteiger partial charge < -0.3 is 0 Å². The zero-order chi connectivity index (χ0) is 12.5. The molecule has 0 heterocycles. The Morgan fingerprint density at radius 1 is 0.882 bits per heavy atom. The van der Waals surface area contributed by atoms with Crippen molar-refractivity contribution >= 4 is 0 Å². The zero-order valence-electron chi connectivity index (χ0n) is 8.55. The van der Waals surface area contributed by atoms with Gasteiger partial charge in [-0.3, -0.25) is 0 Å². The van der Waals surface area contributed by atoms with Crippen LogP contribution in [0.15, 0.2) is 42.5 Å². The summed E-state index contributed by atoms with van der Waals surface area (Å²) in [4.78, 5) is 0. The average molecular weight is 239 g/mol. The van der Waals surface area contributed by atoms with Crippen molar-refractivity contribution in [1.82, 2.24) is 0 Å². The van der Waals surface area contributed by atoms with Crippen molar-refractivity contribution < 1.29 is 17.6 Å². The van der Waals surface area contributed by atoms with E-state index in [0.717, 1.165) is 12.1 Å². The highest BCUT2D eigenvalue weighted by Crippen LogP contribution is 2.30. The van der Waals surface area contributed by atoms with Crippen molar-refractivity contribution in [1.29, 1.82) is 0 Å². The maximum absolute atomic E-state index is 12.9. The molecular weight excluding hydrogens is 232 g/mol. The minimum Gasteiger partial charge on any atom is -0.206 e. The van der Waals surface area contributed by atoms with Crippen LogP contribution in [0.1, 0.15) is 5.56 Å². The van der Waals surface area contributed by atoms with Gasteiger partial charge in [0.05, 0.1) is 5.56 Å². The fourth-order valence-corrected chi connectivity index (χ4v) is 1.47. The summed E-state index contributed by atoms with van der Waals surface area (Å²) in [6.45, 7) is 0. The van der Waals surface area contributed by atoms with E-state index in [1.165, 1.54) is 24.3 Å². The molecule has 2 rings (SSSR count). The molecule has 0 atom stereocenters. The lowest BCUT2D eigenvalue weighted by Gasteiger charge is -2.07. The summed E-state index contributed by atoms with van der Waals surface area (Å²) < 4.78 is 49.8. The first-order valence-electron chi connectivity index (χ1n) is 4.82. The summed E-state index contributed by atoms with van der Waals surface area (Å²) in [6.07, 6.45) is -4.35. The minimum absolute atomic E-state index is 0.523. The molecule has 0 saturated heterocycles. The predicted octanol–water partition coefficient (Wildman–Crippen LogP) is 4.31. The molecule has 0 aliphatic carbocycles. The van der Waals surface area contributed by atoms with Crippen LogP contribution in [-0.2, 0) is 6.18 Å². The van der Waals surface area contributed by atoms with Crippen LogP contribution in [0.4, 0.5) is 17.6 Å². The first-order chi connectivity index (χ1) is 7.97. The molecule has 87 valence electrons. The summed E-state index contributed by atoms with van der Waals surface area (Å²) in [5.41, 5.74) is 0.338. The van der Waals surface area contributed by atoms with Crippen molar-refractivity contribution in [2.45, 2.75) is 6.18 Å². The molecule has 0 N–H and O–H groups in total. The maximum Gasteiger partial charge on any atom is 0.416 e. The van der Waals surface area contributed by atoms with Gasteiger partial charge in [0, 0.05) is 6.07 Å². The molecule has 0 saturated carbocycles. The molecule has 2 aromatic rings. The highest BCUT2D eigenvalue weighted by molar-refractivity contribution is 5.63. The Morgan fingerprint density at radius 2 is 1.53 bits per heavy atom. The quantitative estimate of drug-likeness (QED) is 0.650. The number of hydrogen-bond donors (Lipinski definition) is 0. The SMILES string of the molecule is Fc1[c]ccc(-c2ccc(C(F)(F)F)cc2)c1. The Balaban J connectivity index is 2.36. The molecule has 0 bridgehead atoms. The van der Waals surface area contributed by atoms with E-state index in [4.69, 9.17) is 0 Å². The molecule has 1 radical (unpaired) electrons. The lowest BCUT2D eigenvalue weighted by Crippen LogP contribution is -2.03. The largest absolute Gasteiger partial charge is 0.416 e. The zero-order valence-corrected chi connectivity index (χ0v) is 8.55. The van der Waals surface area contributed by atoms with Gasteiger partial charge in [-0.15, -0.1) is 0 Å². The first kappa shape index (κ1) is 11.6. The van der Waals surface area contributed by atoms with Gasteiger partial charge in [0.25, 0.3) is 0 Å². The summed E-state index contributed by atoms with van der Waals surface area (Å²) in [6, 6.07) is 11.1. The molecule has 2 aromatic carbocycles. The Bertz CT molecular complexity index is 512. The van der Waals surface area contributed by atoms with Gasteiger partial charge in [0.2, 0.25) is 0 Å². The highest BCUT2D eigenvalue weighted by Gasteiger charge is 2.29. The molecule has 0 aliphatic rings. The third kappa shape index (κ3) is 2.64. The van der Waals surface area contributed by atoms with E-state index in [-0.39, 0.29) is 0 Å². The Kier molecular flexibility index (Phi) is 2.88. The second-order valence-corrected chi connectivity index (χ2v) is 3.50. The molecule has 0 spiro atoms. The van der Waals surface area contributed by atoms with Crippen LogP contribution in [-0.4, -0.2) is 0 Å². The van der Waals surface area contributed by atoms with Crippen molar-refractivity contribution in [2.75, 3.05) is 0 Å². The number of rotatable bonds is 1. The normalized spacial score (nSPS) is 11.5. The Labute approximate surface area is 95.5 Å². The lowest BCUT2D eigenvalue weighted by molar-refractivity contribution is -0.137. The smallest absolute Gasteiger partial charge is 0.206 e. The topological polar surface area (TPSA) is 0 Å². The van der Waals surface area contributed by atoms with E-state index in [0.29, 0.717) is 11.1 Å². The summed E-state index contributed by atoms with van der Waals surface area (Å²) in [5, 5.41) is 0. The van der Waals surface area contributed by atoms with Crippen LogP contribution in [0.25, 0.3) is 11.1 Å². The van der Waals surface area contributed by atoms with Crippen molar-refractivity contribution in [3.63, 3.8) is 0 Å². The number of hydrogen-bond acceptors (Lipinski definition) is 0. The van der Waals surface area contributed by atoms with E-state index in [1.54, 1.807) is 6.07 Å². The molecule has 0 aromatic heterocycles.